The standard InChI is InChI=1S/C18H23F2NO2/c1-21-13-7-8-14(21)10-15(9-13)23-18(22)16(11-17(19)20)12-5-3-2-4-6-12/h2-6,13-17H,7-11H2,1H3/t13?,14?,15?,16-/m1/s1. The van der Waals surface area contributed by atoms with Crippen molar-refractivity contribution in [1.29, 1.82) is 0 Å². The van der Waals surface area contributed by atoms with E-state index in [0.29, 0.717) is 17.6 Å². The predicted octanol–water partition coefficient (Wildman–Crippen LogP) is 3.59. The van der Waals surface area contributed by atoms with Crippen LogP contribution in [0.25, 0.3) is 0 Å². The number of esters is 1. The number of ether oxygens (including phenoxy) is 1. The summed E-state index contributed by atoms with van der Waals surface area (Å²) in [5, 5.41) is 0. The van der Waals surface area contributed by atoms with Crippen molar-refractivity contribution in [3.63, 3.8) is 0 Å². The van der Waals surface area contributed by atoms with Gasteiger partial charge >= 0.3 is 5.97 Å². The summed E-state index contributed by atoms with van der Waals surface area (Å²) in [6.45, 7) is 0. The Hall–Kier alpha value is -1.49. The van der Waals surface area contributed by atoms with Crippen LogP contribution in [0.3, 0.4) is 0 Å². The fourth-order valence-electron chi connectivity index (χ4n) is 3.94. The molecule has 2 bridgehead atoms. The Morgan fingerprint density at radius 1 is 1.22 bits per heavy atom. The molecule has 0 saturated carbocycles. The summed E-state index contributed by atoms with van der Waals surface area (Å²) < 4.78 is 31.4. The van der Waals surface area contributed by atoms with E-state index < -0.39 is 24.7 Å². The lowest BCUT2D eigenvalue weighted by molar-refractivity contribution is -0.155. The molecular formula is C18H23F2NO2. The molecule has 2 heterocycles. The van der Waals surface area contributed by atoms with Gasteiger partial charge in [0.25, 0.3) is 0 Å². The second kappa shape index (κ2) is 6.95. The Balaban J connectivity index is 1.67. The summed E-state index contributed by atoms with van der Waals surface area (Å²) in [5.74, 6) is -1.39. The van der Waals surface area contributed by atoms with Crippen molar-refractivity contribution in [2.24, 2.45) is 0 Å². The van der Waals surface area contributed by atoms with Gasteiger partial charge in [0.05, 0.1) is 5.92 Å². The molecule has 3 nitrogen and oxygen atoms in total. The van der Waals surface area contributed by atoms with Crippen molar-refractivity contribution in [2.75, 3.05) is 7.05 Å². The second-order valence-corrected chi connectivity index (χ2v) is 6.67. The molecule has 2 unspecified atom stereocenters. The van der Waals surface area contributed by atoms with Gasteiger partial charge in [-0.25, -0.2) is 8.78 Å². The second-order valence-electron chi connectivity index (χ2n) is 6.67. The van der Waals surface area contributed by atoms with E-state index in [0.717, 1.165) is 25.7 Å². The van der Waals surface area contributed by atoms with Crippen LogP contribution in [0.4, 0.5) is 8.78 Å². The lowest BCUT2D eigenvalue weighted by atomic mass is 9.95. The summed E-state index contributed by atoms with van der Waals surface area (Å²) in [5.41, 5.74) is 0.605. The third-order valence-corrected chi connectivity index (χ3v) is 5.24. The van der Waals surface area contributed by atoms with Gasteiger partial charge in [-0.05, 0) is 38.3 Å². The van der Waals surface area contributed by atoms with Gasteiger partial charge in [-0.1, -0.05) is 30.3 Å². The van der Waals surface area contributed by atoms with Crippen LogP contribution in [0.2, 0.25) is 0 Å². The van der Waals surface area contributed by atoms with Crippen molar-refractivity contribution < 1.29 is 18.3 Å². The van der Waals surface area contributed by atoms with Crippen molar-refractivity contribution in [3.8, 4) is 0 Å². The average molecular weight is 323 g/mol. The van der Waals surface area contributed by atoms with Crippen LogP contribution in [0.15, 0.2) is 30.3 Å². The molecule has 126 valence electrons. The molecule has 1 aromatic rings. The number of hydrogen-bond acceptors (Lipinski definition) is 3. The number of carbonyl (C=O) groups is 1. The van der Waals surface area contributed by atoms with Gasteiger partial charge in [0.1, 0.15) is 6.10 Å². The number of nitrogens with zero attached hydrogens (tertiary/aromatic N) is 1. The lowest BCUT2D eigenvalue weighted by Gasteiger charge is -2.36. The molecule has 3 rings (SSSR count). The summed E-state index contributed by atoms with van der Waals surface area (Å²) in [6.07, 6.45) is 0.746. The van der Waals surface area contributed by atoms with Crippen molar-refractivity contribution in [3.05, 3.63) is 35.9 Å². The zero-order valence-electron chi connectivity index (χ0n) is 13.3. The maximum absolute atomic E-state index is 12.9. The fraction of sp³-hybridized carbons (Fsp3) is 0.611. The Bertz CT molecular complexity index is 523. The van der Waals surface area contributed by atoms with Crippen molar-refractivity contribution in [2.45, 2.75) is 62.6 Å². The highest BCUT2D eigenvalue weighted by atomic mass is 19.3. The first-order valence-electron chi connectivity index (χ1n) is 8.30. The van der Waals surface area contributed by atoms with Gasteiger partial charge in [-0.2, -0.15) is 0 Å². The van der Waals surface area contributed by atoms with Gasteiger partial charge in [0.15, 0.2) is 0 Å². The van der Waals surface area contributed by atoms with E-state index in [1.54, 1.807) is 24.3 Å². The molecule has 0 aromatic heterocycles. The molecule has 23 heavy (non-hydrogen) atoms. The zero-order valence-corrected chi connectivity index (χ0v) is 13.3. The van der Waals surface area contributed by atoms with E-state index in [2.05, 4.69) is 11.9 Å². The Labute approximate surface area is 135 Å². The van der Waals surface area contributed by atoms with Crippen molar-refractivity contribution >= 4 is 5.97 Å². The minimum atomic E-state index is -2.53. The molecule has 0 spiro atoms. The minimum absolute atomic E-state index is 0.139. The Morgan fingerprint density at radius 3 is 2.39 bits per heavy atom. The highest BCUT2D eigenvalue weighted by Gasteiger charge is 2.40. The molecule has 2 aliphatic heterocycles. The van der Waals surface area contributed by atoms with Gasteiger partial charge in [-0.15, -0.1) is 0 Å². The number of halogens is 2. The number of benzene rings is 1. The van der Waals surface area contributed by atoms with E-state index in [4.69, 9.17) is 4.74 Å². The first kappa shape index (κ1) is 16.4. The molecule has 0 N–H and O–H groups in total. The summed E-state index contributed by atoms with van der Waals surface area (Å²) in [6, 6.07) is 9.67. The monoisotopic (exact) mass is 323 g/mol. The normalized spacial score (nSPS) is 28.8. The SMILES string of the molecule is CN1C2CCC1CC(OC(=O)[C@H](CC(F)F)c1ccccc1)C2. The molecule has 5 heteroatoms. The highest BCUT2D eigenvalue weighted by molar-refractivity contribution is 5.78. The van der Waals surface area contributed by atoms with Gasteiger partial charge < -0.3 is 9.64 Å². The topological polar surface area (TPSA) is 29.5 Å². The number of carbonyl (C=O) groups excluding carboxylic acids is 1. The van der Waals surface area contributed by atoms with Crippen LogP contribution in [-0.4, -0.2) is 42.5 Å². The van der Waals surface area contributed by atoms with Gasteiger partial charge in [0, 0.05) is 18.5 Å². The van der Waals surface area contributed by atoms with Crippen molar-refractivity contribution in [1.82, 2.24) is 4.90 Å². The minimum Gasteiger partial charge on any atom is -0.462 e. The molecule has 0 radical (unpaired) electrons. The summed E-state index contributed by atoms with van der Waals surface area (Å²) in [7, 11) is 2.12. The van der Waals surface area contributed by atoms with Crippen LogP contribution in [0, 0.1) is 0 Å². The largest absolute Gasteiger partial charge is 0.462 e. The molecule has 2 fully saturated rings. The van der Waals surface area contributed by atoms with Crippen LogP contribution in [0.1, 0.15) is 43.6 Å². The quantitative estimate of drug-likeness (QED) is 0.776. The van der Waals surface area contributed by atoms with E-state index in [1.807, 2.05) is 6.07 Å². The zero-order chi connectivity index (χ0) is 16.4. The van der Waals surface area contributed by atoms with E-state index in [9.17, 15) is 13.6 Å². The molecule has 2 saturated heterocycles. The fourth-order valence-corrected chi connectivity index (χ4v) is 3.94. The molecular weight excluding hydrogens is 300 g/mol. The molecule has 0 aliphatic carbocycles. The van der Waals surface area contributed by atoms with Gasteiger partial charge in [-0.3, -0.25) is 4.79 Å². The predicted molar refractivity (Wildman–Crippen MR) is 83.5 cm³/mol. The Morgan fingerprint density at radius 2 is 1.83 bits per heavy atom. The number of fused-ring (bicyclic) bond motifs is 2. The smallest absolute Gasteiger partial charge is 0.313 e. The summed E-state index contributed by atoms with van der Waals surface area (Å²) in [4.78, 5) is 14.9. The average Bonchev–Trinajstić information content (AvgIpc) is 2.75. The van der Waals surface area contributed by atoms with E-state index in [1.165, 1.54) is 0 Å². The van der Waals surface area contributed by atoms with Crippen LogP contribution < -0.4 is 0 Å². The molecule has 2 aliphatic rings. The number of alkyl halides is 2. The van der Waals surface area contributed by atoms with Crippen LogP contribution in [0.5, 0.6) is 0 Å². The van der Waals surface area contributed by atoms with E-state index in [-0.39, 0.29) is 6.10 Å². The third kappa shape index (κ3) is 3.71. The number of rotatable bonds is 5. The first-order chi connectivity index (χ1) is 11.0. The molecule has 1 aromatic carbocycles. The van der Waals surface area contributed by atoms with Crippen LogP contribution >= 0.6 is 0 Å². The van der Waals surface area contributed by atoms with Crippen LogP contribution in [-0.2, 0) is 9.53 Å². The van der Waals surface area contributed by atoms with E-state index >= 15 is 0 Å². The molecule has 0 amide bonds. The highest BCUT2D eigenvalue weighted by Crippen LogP contribution is 2.36. The number of hydrogen-bond donors (Lipinski definition) is 0. The molecule has 3 atom stereocenters. The third-order valence-electron chi connectivity index (χ3n) is 5.24. The lowest BCUT2D eigenvalue weighted by Crippen LogP contribution is -2.43. The number of piperidine rings is 1. The first-order valence-corrected chi connectivity index (χ1v) is 8.30. The summed E-state index contributed by atoms with van der Waals surface area (Å²) >= 11 is 0. The van der Waals surface area contributed by atoms with Gasteiger partial charge in [0.2, 0.25) is 6.43 Å². The maximum atomic E-state index is 12.9. The maximum Gasteiger partial charge on any atom is 0.313 e. The Kier molecular flexibility index (Phi) is 4.95.